The summed E-state index contributed by atoms with van der Waals surface area (Å²) < 4.78 is 0. The van der Waals surface area contributed by atoms with Crippen LogP contribution in [-0.2, 0) is 0 Å². The molecule has 2 N–H and O–H groups in total. The number of aliphatic hydroxyl groups is 1. The molecule has 20 heavy (non-hydrogen) atoms. The predicted molar refractivity (Wildman–Crippen MR) is 98.3 cm³/mol. The number of hydrogen-bond donors (Lipinski definition) is 2. The Morgan fingerprint density at radius 1 is 1.55 bits per heavy atom. The van der Waals surface area contributed by atoms with E-state index in [1.54, 1.807) is 0 Å². The zero-order valence-electron chi connectivity index (χ0n) is 12.6. The Balaban J connectivity index is 0.00000200. The molecule has 0 bridgehead atoms. The smallest absolute Gasteiger partial charge is 0.194 e. The van der Waals surface area contributed by atoms with E-state index >= 15 is 0 Å². The first kappa shape index (κ1) is 18.4. The van der Waals surface area contributed by atoms with Gasteiger partial charge in [-0.05, 0) is 37.9 Å². The van der Waals surface area contributed by atoms with Gasteiger partial charge in [0.2, 0.25) is 0 Å². The van der Waals surface area contributed by atoms with Gasteiger partial charge in [0.15, 0.2) is 5.96 Å². The Bertz CT molecular complexity index is 322. The van der Waals surface area contributed by atoms with Gasteiger partial charge in [0, 0.05) is 25.4 Å². The monoisotopic (exact) mass is 413 g/mol. The predicted octanol–water partition coefficient (Wildman–Crippen LogP) is 2.17. The van der Waals surface area contributed by atoms with E-state index in [9.17, 15) is 5.11 Å². The van der Waals surface area contributed by atoms with Crippen molar-refractivity contribution in [2.24, 2.45) is 10.9 Å². The average Bonchev–Trinajstić information content (AvgIpc) is 2.82. The first-order valence-corrected chi connectivity index (χ1v) is 8.62. The van der Waals surface area contributed by atoms with E-state index in [0.29, 0.717) is 6.54 Å². The zero-order valence-corrected chi connectivity index (χ0v) is 15.7. The molecule has 0 amide bonds. The Labute approximate surface area is 144 Å². The van der Waals surface area contributed by atoms with Crippen molar-refractivity contribution in [1.29, 1.82) is 0 Å². The largest absolute Gasteiger partial charge is 0.387 e. The molecule has 6 heteroatoms. The summed E-state index contributed by atoms with van der Waals surface area (Å²) >= 11 is 1.83. The van der Waals surface area contributed by atoms with Gasteiger partial charge in [0.05, 0.1) is 12.1 Å². The number of guanidine groups is 1. The van der Waals surface area contributed by atoms with Crippen LogP contribution in [0.25, 0.3) is 0 Å². The third kappa shape index (κ3) is 5.26. The molecular formula is C14H28IN3OS. The van der Waals surface area contributed by atoms with E-state index in [0.717, 1.165) is 49.4 Å². The molecule has 0 spiro atoms. The number of nitrogens with zero attached hydrogens (tertiary/aromatic N) is 2. The molecule has 0 aromatic rings. The van der Waals surface area contributed by atoms with Gasteiger partial charge in [-0.3, -0.25) is 4.99 Å². The maximum Gasteiger partial charge on any atom is 0.194 e. The van der Waals surface area contributed by atoms with Crippen molar-refractivity contribution in [3.05, 3.63) is 0 Å². The van der Waals surface area contributed by atoms with Crippen LogP contribution in [0.4, 0.5) is 0 Å². The molecule has 2 rings (SSSR count). The summed E-state index contributed by atoms with van der Waals surface area (Å²) in [6.07, 6.45) is 3.43. The normalized spacial score (nSPS) is 31.1. The molecule has 0 radical (unpaired) electrons. The van der Waals surface area contributed by atoms with Crippen LogP contribution in [0.1, 0.15) is 33.1 Å². The Morgan fingerprint density at radius 3 is 2.95 bits per heavy atom. The minimum atomic E-state index is -0.577. The molecule has 0 saturated carbocycles. The van der Waals surface area contributed by atoms with Crippen molar-refractivity contribution < 1.29 is 5.11 Å². The Hall–Kier alpha value is 0.310. The molecule has 2 unspecified atom stereocenters. The molecular weight excluding hydrogens is 385 g/mol. The van der Waals surface area contributed by atoms with E-state index in [1.165, 1.54) is 12.8 Å². The Kier molecular flexibility index (Phi) is 7.97. The van der Waals surface area contributed by atoms with Crippen molar-refractivity contribution in [1.82, 2.24) is 10.2 Å². The lowest BCUT2D eigenvalue weighted by Gasteiger charge is -2.34. The summed E-state index contributed by atoms with van der Waals surface area (Å²) in [5.74, 6) is 3.61. The summed E-state index contributed by atoms with van der Waals surface area (Å²) in [5.41, 5.74) is -0.577. The van der Waals surface area contributed by atoms with Gasteiger partial charge in [-0.15, -0.1) is 24.0 Å². The van der Waals surface area contributed by atoms with Crippen molar-refractivity contribution in [3.8, 4) is 0 Å². The Morgan fingerprint density at radius 2 is 2.35 bits per heavy atom. The third-order valence-electron chi connectivity index (χ3n) is 3.90. The summed E-state index contributed by atoms with van der Waals surface area (Å²) in [4.78, 5) is 7.04. The second kappa shape index (κ2) is 8.68. The highest BCUT2D eigenvalue weighted by molar-refractivity contribution is 14.0. The zero-order chi connectivity index (χ0) is 13.7. The van der Waals surface area contributed by atoms with Gasteiger partial charge in [-0.2, -0.15) is 11.8 Å². The molecule has 2 saturated heterocycles. The van der Waals surface area contributed by atoms with Crippen LogP contribution in [0.15, 0.2) is 4.99 Å². The number of halogens is 1. The van der Waals surface area contributed by atoms with Crippen LogP contribution in [0.3, 0.4) is 0 Å². The second-order valence-electron chi connectivity index (χ2n) is 5.89. The fraction of sp³-hybridized carbons (Fsp3) is 0.929. The molecule has 2 atom stereocenters. The van der Waals surface area contributed by atoms with Gasteiger partial charge < -0.3 is 15.3 Å². The molecule has 2 aliphatic heterocycles. The number of likely N-dealkylation sites (tertiary alicyclic amines) is 1. The maximum absolute atomic E-state index is 10.4. The van der Waals surface area contributed by atoms with Crippen molar-refractivity contribution in [2.75, 3.05) is 37.7 Å². The highest BCUT2D eigenvalue weighted by Gasteiger charge is 2.32. The topological polar surface area (TPSA) is 47.9 Å². The van der Waals surface area contributed by atoms with E-state index in [1.807, 2.05) is 11.8 Å². The lowest BCUT2D eigenvalue weighted by atomic mass is 10.0. The fourth-order valence-corrected chi connectivity index (χ4v) is 4.04. The molecule has 118 valence electrons. The van der Waals surface area contributed by atoms with E-state index in [4.69, 9.17) is 4.99 Å². The third-order valence-corrected chi connectivity index (χ3v) is 5.13. The SMILES string of the molecule is CCNC(=NCC1(O)CCSC1)N1CCCC(C)C1.I. The second-order valence-corrected chi connectivity index (χ2v) is 7.00. The standard InChI is InChI=1S/C14H27N3OS.HI/c1-3-15-13(17-7-4-5-12(2)9-17)16-10-14(18)6-8-19-11-14;/h12,18H,3-11H2,1-2H3,(H,15,16);1H. The van der Waals surface area contributed by atoms with Gasteiger partial charge in [-0.25, -0.2) is 0 Å². The van der Waals surface area contributed by atoms with Crippen LogP contribution < -0.4 is 5.32 Å². The highest BCUT2D eigenvalue weighted by atomic mass is 127. The van der Waals surface area contributed by atoms with Crippen LogP contribution >= 0.6 is 35.7 Å². The summed E-state index contributed by atoms with van der Waals surface area (Å²) in [6, 6.07) is 0. The highest BCUT2D eigenvalue weighted by Crippen LogP contribution is 2.28. The number of rotatable bonds is 3. The quantitative estimate of drug-likeness (QED) is 0.423. The minimum Gasteiger partial charge on any atom is -0.387 e. The van der Waals surface area contributed by atoms with Crippen LogP contribution in [0, 0.1) is 5.92 Å². The molecule has 2 aliphatic rings. The average molecular weight is 413 g/mol. The molecule has 2 heterocycles. The molecule has 0 aromatic heterocycles. The summed E-state index contributed by atoms with van der Waals surface area (Å²) in [6.45, 7) is 7.99. The van der Waals surface area contributed by atoms with Gasteiger partial charge >= 0.3 is 0 Å². The number of aliphatic imine (C=N–C) groups is 1. The van der Waals surface area contributed by atoms with E-state index in [-0.39, 0.29) is 24.0 Å². The lowest BCUT2D eigenvalue weighted by Crippen LogP contribution is -2.47. The fourth-order valence-electron chi connectivity index (χ4n) is 2.75. The van der Waals surface area contributed by atoms with Crippen LogP contribution in [0.2, 0.25) is 0 Å². The van der Waals surface area contributed by atoms with Crippen molar-refractivity contribution >= 4 is 41.7 Å². The van der Waals surface area contributed by atoms with E-state index in [2.05, 4.69) is 24.1 Å². The lowest BCUT2D eigenvalue weighted by molar-refractivity contribution is 0.0774. The van der Waals surface area contributed by atoms with Gasteiger partial charge in [0.25, 0.3) is 0 Å². The molecule has 2 fully saturated rings. The first-order chi connectivity index (χ1) is 9.13. The number of piperidine rings is 1. The summed E-state index contributed by atoms with van der Waals surface area (Å²) in [7, 11) is 0. The number of thioether (sulfide) groups is 1. The van der Waals surface area contributed by atoms with Crippen molar-refractivity contribution in [3.63, 3.8) is 0 Å². The van der Waals surface area contributed by atoms with Crippen molar-refractivity contribution in [2.45, 2.75) is 38.7 Å². The van der Waals surface area contributed by atoms with E-state index < -0.39 is 5.60 Å². The molecule has 4 nitrogen and oxygen atoms in total. The minimum absolute atomic E-state index is 0. The molecule has 0 aromatic carbocycles. The van der Waals surface area contributed by atoms with Crippen LogP contribution in [-0.4, -0.2) is 59.3 Å². The van der Waals surface area contributed by atoms with Gasteiger partial charge in [-0.1, -0.05) is 6.92 Å². The molecule has 0 aliphatic carbocycles. The maximum atomic E-state index is 10.4. The first-order valence-electron chi connectivity index (χ1n) is 7.46. The van der Waals surface area contributed by atoms with Gasteiger partial charge in [0.1, 0.15) is 0 Å². The number of hydrogen-bond acceptors (Lipinski definition) is 3. The summed E-state index contributed by atoms with van der Waals surface area (Å²) in [5, 5.41) is 13.8. The number of nitrogens with one attached hydrogen (secondary N) is 1. The van der Waals surface area contributed by atoms with Crippen LogP contribution in [0.5, 0.6) is 0 Å².